The van der Waals surface area contributed by atoms with Crippen molar-refractivity contribution in [1.29, 1.82) is 0 Å². The van der Waals surface area contributed by atoms with E-state index in [-0.39, 0.29) is 0 Å². The van der Waals surface area contributed by atoms with Crippen LogP contribution < -0.4 is 20.7 Å². The van der Waals surface area contributed by atoms with E-state index in [1.807, 2.05) is 17.4 Å². The van der Waals surface area contributed by atoms with Gasteiger partial charge in [-0.3, -0.25) is 4.57 Å². The summed E-state index contributed by atoms with van der Waals surface area (Å²) in [5.41, 5.74) is 29.6. The van der Waals surface area contributed by atoms with Gasteiger partial charge in [-0.15, -0.1) is 11.3 Å². The van der Waals surface area contributed by atoms with Crippen LogP contribution in [0.5, 0.6) is 0 Å². The third-order valence-electron chi connectivity index (χ3n) is 27.1. The summed E-state index contributed by atoms with van der Waals surface area (Å²) >= 11 is 1.86. The first kappa shape index (κ1) is 78.4. The molecule has 133 heavy (non-hydrogen) atoms. The number of fused-ring (bicyclic) bond motifs is 15. The van der Waals surface area contributed by atoms with E-state index < -0.39 is 8.07 Å². The number of nitrogens with zero attached hydrogens (tertiary/aromatic N) is 6. The second kappa shape index (κ2) is 32.7. The lowest BCUT2D eigenvalue weighted by Gasteiger charge is -2.34. The molecule has 0 saturated heterocycles. The normalized spacial score (nSPS) is 11.8. The lowest BCUT2D eigenvalue weighted by Crippen LogP contribution is -2.74. The molecule has 7 aromatic heterocycles. The molecule has 0 amide bonds. The Balaban J connectivity index is 0.000000143. The first-order valence-corrected chi connectivity index (χ1v) is 48.4. The minimum atomic E-state index is -2.70. The van der Waals surface area contributed by atoms with Gasteiger partial charge in [0.15, 0.2) is 8.07 Å². The van der Waals surface area contributed by atoms with Crippen LogP contribution in [-0.2, 0) is 0 Å². The molecule has 0 radical (unpaired) electrons. The molecule has 0 saturated carbocycles. The van der Waals surface area contributed by atoms with Gasteiger partial charge in [-0.1, -0.05) is 339 Å². The Labute approximate surface area is 775 Å². The molecular formula is C125H84N6SSi. The summed E-state index contributed by atoms with van der Waals surface area (Å²) in [5, 5.41) is 17.8. The molecule has 7 heterocycles. The molecule has 6 nitrogen and oxygen atoms in total. The standard InChI is InChI=1S/C66H47N3Si.C59H37N3S/c1-46-30-32-47(33-31-46)51-44-61(48-34-38-56(39-35-48)70(53-20-8-3-9-21-53,54-22-10-4-11-23-54)55-24-12-5-13-25-55)67-66(45-51)69-63-29-17-15-27-58(63)60-43-50(37-41-65(60)69)49-36-40-64-59(42-49)57-26-14-16-28-62(57)68(64)52-18-6-2-7-19-52;1-3-13-38(14-4-1)52-21-12-22-53(60-52)43-15-11-18-45(33-43)62-56-30-26-40(39-25-29-55-48(34-39)46-19-7-9-23-54(46)61(55)44-16-5-2-6-17-44)35-49(56)50-36-41(27-31-57(50)62)42-28-32-59-51(37-42)47-20-8-10-24-58(47)63-59/h2-45H,1H3;1-37H. The topological polar surface area (TPSA) is 45.5 Å². The van der Waals surface area contributed by atoms with E-state index in [0.717, 1.165) is 89.8 Å². The predicted octanol–water partition coefficient (Wildman–Crippen LogP) is 30.3. The molecule has 0 fully saturated rings. The molecule has 26 aromatic rings. The number of hydrogen-bond donors (Lipinski definition) is 0. The van der Waals surface area contributed by atoms with E-state index in [1.165, 1.54) is 145 Å². The largest absolute Gasteiger partial charge is 0.309 e. The molecule has 0 aliphatic carbocycles. The summed E-state index contributed by atoms with van der Waals surface area (Å²) in [7, 11) is -2.70. The highest BCUT2D eigenvalue weighted by atomic mass is 32.1. The average molecular weight is 1730 g/mol. The van der Waals surface area contributed by atoms with Crippen LogP contribution in [0.2, 0.25) is 0 Å². The van der Waals surface area contributed by atoms with E-state index in [1.54, 1.807) is 0 Å². The van der Waals surface area contributed by atoms with Crippen LogP contribution in [-0.4, -0.2) is 36.3 Å². The Kier molecular flexibility index (Phi) is 19.3. The van der Waals surface area contributed by atoms with Crippen LogP contribution in [0.25, 0.3) is 209 Å². The summed E-state index contributed by atoms with van der Waals surface area (Å²) in [6.07, 6.45) is 0. The Hall–Kier alpha value is -16.9. The number of aryl methyl sites for hydroxylation is 1. The molecule has 26 rings (SSSR count). The molecule has 0 N–H and O–H groups in total. The minimum Gasteiger partial charge on any atom is -0.309 e. The maximum absolute atomic E-state index is 5.60. The number of thiophene rings is 1. The number of benzene rings is 19. The molecule has 0 spiro atoms. The Morgan fingerprint density at radius 2 is 0.504 bits per heavy atom. The van der Waals surface area contributed by atoms with E-state index in [9.17, 15) is 0 Å². The predicted molar refractivity (Wildman–Crippen MR) is 565 cm³/mol. The van der Waals surface area contributed by atoms with E-state index in [0.29, 0.717) is 0 Å². The van der Waals surface area contributed by atoms with Gasteiger partial charge in [-0.25, -0.2) is 9.97 Å². The van der Waals surface area contributed by atoms with Gasteiger partial charge in [0.2, 0.25) is 0 Å². The first-order chi connectivity index (χ1) is 65.8. The molecule has 0 atom stereocenters. The van der Waals surface area contributed by atoms with Gasteiger partial charge in [0.25, 0.3) is 0 Å². The van der Waals surface area contributed by atoms with Crippen molar-refractivity contribution in [3.8, 4) is 101 Å². The number of pyridine rings is 2. The van der Waals surface area contributed by atoms with Crippen molar-refractivity contribution >= 4 is 148 Å². The molecule has 624 valence electrons. The second-order valence-electron chi connectivity index (χ2n) is 34.7. The third kappa shape index (κ3) is 13.6. The summed E-state index contributed by atoms with van der Waals surface area (Å²) in [6, 6.07) is 180. The second-order valence-corrected chi connectivity index (χ2v) is 39.6. The van der Waals surface area contributed by atoms with Crippen molar-refractivity contribution in [2.45, 2.75) is 6.92 Å². The van der Waals surface area contributed by atoms with Crippen LogP contribution in [0, 0.1) is 6.92 Å². The van der Waals surface area contributed by atoms with Gasteiger partial charge in [0.05, 0.1) is 61.2 Å². The van der Waals surface area contributed by atoms with Crippen molar-refractivity contribution < 1.29 is 0 Å². The van der Waals surface area contributed by atoms with Gasteiger partial charge < -0.3 is 13.7 Å². The van der Waals surface area contributed by atoms with E-state index in [4.69, 9.17) is 9.97 Å². The van der Waals surface area contributed by atoms with Crippen LogP contribution in [0.3, 0.4) is 0 Å². The maximum Gasteiger partial charge on any atom is 0.179 e. The number of hydrogen-bond acceptors (Lipinski definition) is 3. The van der Waals surface area contributed by atoms with E-state index >= 15 is 0 Å². The minimum absolute atomic E-state index is 0.882. The van der Waals surface area contributed by atoms with Gasteiger partial charge in [-0.2, -0.15) is 0 Å². The van der Waals surface area contributed by atoms with Crippen LogP contribution in [0.15, 0.2) is 491 Å². The lowest BCUT2D eigenvalue weighted by molar-refractivity contribution is 1.08. The van der Waals surface area contributed by atoms with Crippen LogP contribution in [0.1, 0.15) is 5.56 Å². The quantitative estimate of drug-likeness (QED) is 0.0758. The number of para-hydroxylation sites is 5. The maximum atomic E-state index is 5.60. The molecule has 0 unspecified atom stereocenters. The highest BCUT2D eigenvalue weighted by Crippen LogP contribution is 2.45. The summed E-state index contributed by atoms with van der Waals surface area (Å²) < 4.78 is 12.2. The van der Waals surface area contributed by atoms with Crippen molar-refractivity contribution in [3.05, 3.63) is 497 Å². The fourth-order valence-electron chi connectivity index (χ4n) is 20.8. The molecule has 0 aliphatic rings. The van der Waals surface area contributed by atoms with Crippen molar-refractivity contribution in [3.63, 3.8) is 0 Å². The molecular weight excluding hydrogens is 1650 g/mol. The smallest absolute Gasteiger partial charge is 0.179 e. The lowest BCUT2D eigenvalue weighted by atomic mass is 9.98. The summed E-state index contributed by atoms with van der Waals surface area (Å²) in [4.78, 5) is 10.7. The molecule has 0 aliphatic heterocycles. The molecule has 8 heteroatoms. The monoisotopic (exact) mass is 1730 g/mol. The SMILES string of the molecule is Cc1ccc(-c2cc(-c3ccc([Si](c4ccccc4)(c4ccccc4)c4ccccc4)cc3)nc(-n3c4ccccc4c4cc(-c5ccc6c(c5)c5ccccc5n6-c5ccccc5)ccc43)c2)cc1.c1ccc(-c2cccc(-c3cccc(-n4c5ccc(-c6ccc7sc8ccccc8c7c6)cc5c5cc(-c6ccc7c(c6)c6ccccc6n7-c6ccccc6)ccc54)c3)n2)cc1. The van der Waals surface area contributed by atoms with Crippen molar-refractivity contribution in [2.24, 2.45) is 0 Å². The fourth-order valence-corrected chi connectivity index (χ4v) is 26.6. The van der Waals surface area contributed by atoms with Gasteiger partial charge in [-0.05, 0) is 230 Å². The third-order valence-corrected chi connectivity index (χ3v) is 33.0. The zero-order chi connectivity index (χ0) is 88.0. The Morgan fingerprint density at radius 3 is 0.992 bits per heavy atom. The molecule has 0 bridgehead atoms. The van der Waals surface area contributed by atoms with Crippen molar-refractivity contribution in [1.82, 2.24) is 28.2 Å². The number of rotatable bonds is 15. The average Bonchev–Trinajstić information content (AvgIpc) is 1.71. The fraction of sp³-hybridized carbons (Fsp3) is 0.00800. The van der Waals surface area contributed by atoms with Crippen LogP contribution >= 0.6 is 11.3 Å². The highest BCUT2D eigenvalue weighted by molar-refractivity contribution is 7.25. The van der Waals surface area contributed by atoms with Gasteiger partial charge in [0, 0.05) is 97.0 Å². The van der Waals surface area contributed by atoms with Gasteiger partial charge in [0.1, 0.15) is 5.82 Å². The first-order valence-electron chi connectivity index (χ1n) is 45.6. The summed E-state index contributed by atoms with van der Waals surface area (Å²) in [5.74, 6) is 0.882. The summed E-state index contributed by atoms with van der Waals surface area (Å²) in [6.45, 7) is 2.14. The zero-order valence-corrected chi connectivity index (χ0v) is 74.7. The van der Waals surface area contributed by atoms with Crippen LogP contribution in [0.4, 0.5) is 0 Å². The van der Waals surface area contributed by atoms with Gasteiger partial charge >= 0.3 is 0 Å². The zero-order valence-electron chi connectivity index (χ0n) is 72.9. The highest BCUT2D eigenvalue weighted by Gasteiger charge is 2.41. The molecule has 19 aromatic carbocycles. The van der Waals surface area contributed by atoms with E-state index in [2.05, 4.69) is 511 Å². The Bertz CT molecular complexity index is 8890. The Morgan fingerprint density at radius 1 is 0.180 bits per heavy atom. The van der Waals surface area contributed by atoms with Crippen molar-refractivity contribution in [2.75, 3.05) is 0 Å². The number of aromatic nitrogens is 6.